The number of unbranched alkanes of at least 4 members (excludes halogenated alkanes) is 37. The Kier molecular flexibility index (Phi) is 77.3. The smallest absolute Gasteiger partial charge is 0.306 e. The van der Waals surface area contributed by atoms with Crippen molar-refractivity contribution in [2.45, 2.75) is 367 Å². The summed E-state index contributed by atoms with van der Waals surface area (Å²) in [6.45, 7) is 4.13. The lowest BCUT2D eigenvalue weighted by Crippen LogP contribution is -2.37. The summed E-state index contributed by atoms with van der Waals surface area (Å²) in [5.74, 6) is -0.833. The van der Waals surface area contributed by atoms with Crippen molar-refractivity contribution >= 4 is 19.8 Å². The number of ether oxygens (including phenoxy) is 2. The van der Waals surface area contributed by atoms with Crippen LogP contribution in [-0.4, -0.2) is 70.0 Å². The topological polar surface area (TPSA) is 111 Å². The molecule has 0 radical (unpaired) electrons. The largest absolute Gasteiger partial charge is 0.756 e. The van der Waals surface area contributed by atoms with Crippen LogP contribution in [0.15, 0.2) is 158 Å². The van der Waals surface area contributed by atoms with Gasteiger partial charge in [0.05, 0.1) is 27.7 Å². The van der Waals surface area contributed by atoms with Crippen molar-refractivity contribution in [2.24, 2.45) is 0 Å². The maximum absolute atomic E-state index is 12.9. The van der Waals surface area contributed by atoms with Crippen LogP contribution in [0.3, 0.4) is 0 Å². The fourth-order valence-electron chi connectivity index (χ4n) is 11.6. The minimum absolute atomic E-state index is 0.0366. The van der Waals surface area contributed by atoms with Gasteiger partial charge in [-0.3, -0.25) is 14.2 Å². The molecule has 0 aliphatic carbocycles. The molecule has 2 atom stereocenters. The van der Waals surface area contributed by atoms with E-state index in [0.29, 0.717) is 17.4 Å². The monoisotopic (exact) mass is 1440 g/mol. The number of phosphoric ester groups is 1. The van der Waals surface area contributed by atoms with Gasteiger partial charge in [-0.2, -0.15) is 0 Å². The van der Waals surface area contributed by atoms with Crippen molar-refractivity contribution in [3.63, 3.8) is 0 Å². The van der Waals surface area contributed by atoms with E-state index in [1.165, 1.54) is 205 Å². The first-order valence-electron chi connectivity index (χ1n) is 42.2. The Hall–Kier alpha value is -4.37. The van der Waals surface area contributed by atoms with Crippen molar-refractivity contribution in [3.05, 3.63) is 158 Å². The van der Waals surface area contributed by atoms with Crippen LogP contribution < -0.4 is 4.89 Å². The number of rotatable bonds is 77. The van der Waals surface area contributed by atoms with Gasteiger partial charge in [0.15, 0.2) is 6.10 Å². The van der Waals surface area contributed by atoms with Gasteiger partial charge >= 0.3 is 11.9 Å². The predicted molar refractivity (Wildman–Crippen MR) is 443 cm³/mol. The fraction of sp³-hybridized carbons (Fsp3) is 0.696. The van der Waals surface area contributed by atoms with Crippen molar-refractivity contribution in [3.8, 4) is 0 Å². The quantitative estimate of drug-likeness (QED) is 0.0195. The Labute approximate surface area is 630 Å². The van der Waals surface area contributed by atoms with Gasteiger partial charge in [0.1, 0.15) is 19.8 Å². The summed E-state index contributed by atoms with van der Waals surface area (Å²) in [5, 5.41) is 0. The molecule has 9 nitrogen and oxygen atoms in total. The van der Waals surface area contributed by atoms with Gasteiger partial charge in [-0.05, 0) is 128 Å². The average molecular weight is 1440 g/mol. The van der Waals surface area contributed by atoms with Crippen molar-refractivity contribution in [1.29, 1.82) is 0 Å². The summed E-state index contributed by atoms with van der Waals surface area (Å²) in [4.78, 5) is 38.2. The van der Waals surface area contributed by atoms with E-state index >= 15 is 0 Å². The Balaban J connectivity index is 4.00. The minimum Gasteiger partial charge on any atom is -0.756 e. The van der Waals surface area contributed by atoms with E-state index in [1.807, 2.05) is 21.1 Å². The molecule has 102 heavy (non-hydrogen) atoms. The standard InChI is InChI=1S/C92H158NO8P/c1-6-8-10-12-14-16-18-20-22-24-26-28-30-32-34-36-38-40-42-44-45-46-47-49-51-53-55-57-59-61-63-65-67-69-71-73-75-77-79-81-83-85-92(95)101-90(89-100-102(96,97)99-87-86-93(3,4)5)88-98-91(94)84-82-80-78-76-74-72-70-68-66-64-62-60-58-56-54-52-50-48-43-41-39-37-35-33-31-29-27-25-23-21-19-17-15-13-11-9-7-2/h8,10,14,16,19-22,25-28,31-34,38,40,44-45,47,49,53,55,59,61,90H,6-7,9,11-13,15,17-18,23-24,29-30,35-37,39,41-43,46,48,50-52,54,56-58,60,62-89H2,1-5H3/b10-8-,16-14-,21-19-,22-20-,27-25-,28-26-,33-31-,34-32-,40-38-,45-44-,49-47-,55-53-,61-59-. The zero-order valence-corrected chi connectivity index (χ0v) is 67.7. The van der Waals surface area contributed by atoms with Gasteiger partial charge in [-0.15, -0.1) is 0 Å². The number of quaternary nitrogens is 1. The molecular formula is C92H158NO8P. The number of hydrogen-bond donors (Lipinski definition) is 0. The normalized spacial score (nSPS) is 13.8. The highest BCUT2D eigenvalue weighted by molar-refractivity contribution is 7.45. The summed E-state index contributed by atoms with van der Waals surface area (Å²) in [5.41, 5.74) is 0. The highest BCUT2D eigenvalue weighted by Crippen LogP contribution is 2.38. The van der Waals surface area contributed by atoms with Gasteiger partial charge in [0, 0.05) is 12.8 Å². The first-order chi connectivity index (χ1) is 50.0. The van der Waals surface area contributed by atoms with Gasteiger partial charge in [-0.25, -0.2) is 0 Å². The SMILES string of the molecule is CC/C=C\C/C=C\C/C=C\C/C=C\C/C=C\C/C=C\C/C=C\C/C=C\C/C=C\C/C=C\CCCCCCCCCCCCC(=O)OC(COC(=O)CCCCCCCCCCCCCCCCCCCCCCCC/C=C\C/C=C\C/C=C\CCCCCCC)COP(=O)([O-])OCC[N+](C)(C)C. The number of carbonyl (C=O) groups is 2. The second-order valence-corrected chi connectivity index (χ2v) is 30.5. The molecule has 0 N–H and O–H groups in total. The summed E-state index contributed by atoms with van der Waals surface area (Å²) >= 11 is 0. The molecule has 0 saturated heterocycles. The van der Waals surface area contributed by atoms with E-state index in [9.17, 15) is 19.0 Å². The molecule has 2 unspecified atom stereocenters. The predicted octanol–water partition coefficient (Wildman–Crippen LogP) is 28.0. The lowest BCUT2D eigenvalue weighted by atomic mass is 10.0. The molecule has 0 rings (SSSR count). The zero-order chi connectivity index (χ0) is 74.0. The summed E-state index contributed by atoms with van der Waals surface area (Å²) in [6, 6.07) is 0. The van der Waals surface area contributed by atoms with Crippen LogP contribution in [0.4, 0.5) is 0 Å². The zero-order valence-electron chi connectivity index (χ0n) is 66.8. The number of phosphoric acid groups is 1. The molecule has 0 bridgehead atoms. The van der Waals surface area contributed by atoms with E-state index in [1.54, 1.807) is 0 Å². The Morgan fingerprint density at radius 1 is 0.314 bits per heavy atom. The molecular weight excluding hydrogens is 1280 g/mol. The highest BCUT2D eigenvalue weighted by Gasteiger charge is 2.22. The van der Waals surface area contributed by atoms with Gasteiger partial charge in [0.2, 0.25) is 0 Å². The first-order valence-corrected chi connectivity index (χ1v) is 43.7. The van der Waals surface area contributed by atoms with E-state index < -0.39 is 26.5 Å². The van der Waals surface area contributed by atoms with Crippen molar-refractivity contribution < 1.29 is 42.1 Å². The number of nitrogens with zero attached hydrogens (tertiary/aromatic N) is 1. The van der Waals surface area contributed by atoms with Crippen LogP contribution >= 0.6 is 7.82 Å². The molecule has 0 spiro atoms. The molecule has 584 valence electrons. The minimum atomic E-state index is -4.66. The van der Waals surface area contributed by atoms with E-state index in [4.69, 9.17) is 18.5 Å². The average Bonchev–Trinajstić information content (AvgIpc) is 0.916. The fourth-order valence-corrected chi connectivity index (χ4v) is 12.4. The lowest BCUT2D eigenvalue weighted by Gasteiger charge is -2.28. The molecule has 0 aromatic heterocycles. The van der Waals surface area contributed by atoms with E-state index in [2.05, 4.69) is 172 Å². The summed E-state index contributed by atoms with van der Waals surface area (Å²) in [6.07, 6.45) is 121. The van der Waals surface area contributed by atoms with Gasteiger partial charge in [0.25, 0.3) is 7.82 Å². The second kappa shape index (κ2) is 80.7. The first kappa shape index (κ1) is 97.6. The van der Waals surface area contributed by atoms with Crippen LogP contribution in [-0.2, 0) is 32.7 Å². The molecule has 0 saturated carbocycles. The summed E-state index contributed by atoms with van der Waals surface area (Å²) in [7, 11) is 1.16. The molecule has 0 heterocycles. The van der Waals surface area contributed by atoms with E-state index in [-0.39, 0.29) is 32.0 Å². The number of carbonyl (C=O) groups excluding carboxylic acids is 2. The van der Waals surface area contributed by atoms with Crippen LogP contribution in [0.1, 0.15) is 361 Å². The molecule has 0 aromatic rings. The van der Waals surface area contributed by atoms with Gasteiger partial charge < -0.3 is 27.9 Å². The number of likely N-dealkylation sites (N-methyl/N-ethyl adjacent to an activating group) is 1. The molecule has 0 aliphatic rings. The van der Waals surface area contributed by atoms with Gasteiger partial charge in [-0.1, -0.05) is 377 Å². The Morgan fingerprint density at radius 3 is 0.833 bits per heavy atom. The van der Waals surface area contributed by atoms with Crippen molar-refractivity contribution in [2.75, 3.05) is 47.5 Å². The third kappa shape index (κ3) is 84.6. The molecule has 0 fully saturated rings. The Bertz CT molecular complexity index is 2290. The van der Waals surface area contributed by atoms with Crippen LogP contribution in [0, 0.1) is 0 Å². The van der Waals surface area contributed by atoms with Crippen LogP contribution in [0.25, 0.3) is 0 Å². The van der Waals surface area contributed by atoms with Crippen LogP contribution in [0.5, 0.6) is 0 Å². The maximum Gasteiger partial charge on any atom is 0.306 e. The Morgan fingerprint density at radius 2 is 0.559 bits per heavy atom. The van der Waals surface area contributed by atoms with E-state index in [0.717, 1.165) is 122 Å². The lowest BCUT2D eigenvalue weighted by molar-refractivity contribution is -0.870. The molecule has 0 aliphatic heterocycles. The van der Waals surface area contributed by atoms with Crippen LogP contribution in [0.2, 0.25) is 0 Å². The summed E-state index contributed by atoms with van der Waals surface area (Å²) < 4.78 is 34.4. The highest BCUT2D eigenvalue weighted by atomic mass is 31.2. The number of esters is 2. The van der Waals surface area contributed by atoms with Crippen molar-refractivity contribution in [1.82, 2.24) is 0 Å². The molecule has 10 heteroatoms. The molecule has 0 aromatic carbocycles. The second-order valence-electron chi connectivity index (χ2n) is 29.1. The number of hydrogen-bond acceptors (Lipinski definition) is 8. The number of allylic oxidation sites excluding steroid dienone is 26. The third-order valence-electron chi connectivity index (χ3n) is 18.0. The third-order valence-corrected chi connectivity index (χ3v) is 19.0. The maximum atomic E-state index is 12.9. The molecule has 0 amide bonds.